The van der Waals surface area contributed by atoms with Crippen molar-refractivity contribution < 1.29 is 28.6 Å². The van der Waals surface area contributed by atoms with Crippen molar-refractivity contribution in [1.82, 2.24) is 0 Å². The van der Waals surface area contributed by atoms with E-state index in [1.807, 2.05) is 0 Å². The minimum absolute atomic E-state index is 0.194. The minimum Gasteiger partial charge on any atom is -0.426 e. The van der Waals surface area contributed by atoms with Gasteiger partial charge in [-0.1, -0.05) is 24.8 Å². The third kappa shape index (κ3) is 7.20. The second-order valence-electron chi connectivity index (χ2n) is 4.49. The average Bonchev–Trinajstić information content (AvgIpc) is 2.36. The van der Waals surface area contributed by atoms with Gasteiger partial charge in [0, 0.05) is 19.1 Å². The molecule has 2 N–H and O–H groups in total. The quantitative estimate of drug-likeness (QED) is 0.331. The van der Waals surface area contributed by atoms with Gasteiger partial charge in [0.05, 0.1) is 12.8 Å². The summed E-state index contributed by atoms with van der Waals surface area (Å²) in [5.41, 5.74) is 1.30. The molecule has 1 aromatic carbocycles. The summed E-state index contributed by atoms with van der Waals surface area (Å²) >= 11 is 0. The monoisotopic (exact) mass is 314 g/mol. The van der Waals surface area contributed by atoms with Crippen LogP contribution < -0.4 is 4.74 Å². The van der Waals surface area contributed by atoms with Crippen molar-refractivity contribution >= 4 is 19.1 Å². The van der Waals surface area contributed by atoms with Crippen molar-refractivity contribution in [3.8, 4) is 5.75 Å². The summed E-state index contributed by atoms with van der Waals surface area (Å²) < 4.78 is 21.1. The molecule has 1 aromatic rings. The van der Waals surface area contributed by atoms with Gasteiger partial charge in [-0.2, -0.15) is 0 Å². The van der Waals surface area contributed by atoms with Crippen molar-refractivity contribution in [2.75, 3.05) is 19.4 Å². The molecule has 6 nitrogen and oxygen atoms in total. The molecular weight excluding hydrogens is 295 g/mol. The molecule has 0 saturated carbocycles. The van der Waals surface area contributed by atoms with E-state index in [2.05, 4.69) is 6.58 Å². The lowest BCUT2D eigenvalue weighted by Gasteiger charge is -2.12. The van der Waals surface area contributed by atoms with Crippen LogP contribution in [0.5, 0.6) is 5.75 Å². The van der Waals surface area contributed by atoms with Crippen molar-refractivity contribution in [2.24, 2.45) is 0 Å². The van der Waals surface area contributed by atoms with Crippen molar-refractivity contribution in [3.63, 3.8) is 0 Å². The molecule has 0 aromatic heterocycles. The number of carbonyl (C=O) groups is 1. The van der Waals surface area contributed by atoms with E-state index in [0.717, 1.165) is 0 Å². The SMILES string of the molecule is C=C(COCCCP(=O)(O)O)c1ccccc1OC(C)=O. The number of carbonyl (C=O) groups excluding carboxylic acids is 1. The fourth-order valence-corrected chi connectivity index (χ4v) is 2.19. The summed E-state index contributed by atoms with van der Waals surface area (Å²) in [6, 6.07) is 6.96. The Morgan fingerprint density at radius 1 is 1.33 bits per heavy atom. The van der Waals surface area contributed by atoms with Crippen LogP contribution in [-0.4, -0.2) is 35.1 Å². The Balaban J connectivity index is 2.49. The zero-order valence-electron chi connectivity index (χ0n) is 11.8. The van der Waals surface area contributed by atoms with Crippen LogP contribution in [0.2, 0.25) is 0 Å². The van der Waals surface area contributed by atoms with Crippen molar-refractivity contribution in [1.29, 1.82) is 0 Å². The molecule has 116 valence electrons. The molecule has 0 aliphatic heterocycles. The summed E-state index contributed by atoms with van der Waals surface area (Å²) in [7, 11) is -3.97. The first-order valence-electron chi connectivity index (χ1n) is 6.37. The number of esters is 1. The largest absolute Gasteiger partial charge is 0.426 e. The molecule has 0 amide bonds. The lowest BCUT2D eigenvalue weighted by atomic mass is 10.1. The van der Waals surface area contributed by atoms with Gasteiger partial charge in [-0.15, -0.1) is 0 Å². The number of rotatable bonds is 8. The molecule has 7 heteroatoms. The van der Waals surface area contributed by atoms with Crippen molar-refractivity contribution in [3.05, 3.63) is 36.4 Å². The Kier molecular flexibility index (Phi) is 6.78. The van der Waals surface area contributed by atoms with Gasteiger partial charge in [-0.3, -0.25) is 9.36 Å². The smallest absolute Gasteiger partial charge is 0.325 e. The molecule has 0 atom stereocenters. The number of para-hydroxylation sites is 1. The highest BCUT2D eigenvalue weighted by atomic mass is 31.2. The summed E-state index contributed by atoms with van der Waals surface area (Å²) in [5.74, 6) is -0.00775. The Morgan fingerprint density at radius 3 is 2.62 bits per heavy atom. The Morgan fingerprint density at radius 2 is 2.00 bits per heavy atom. The van der Waals surface area contributed by atoms with Crippen LogP contribution in [0.15, 0.2) is 30.8 Å². The first-order valence-corrected chi connectivity index (χ1v) is 8.17. The molecule has 0 aliphatic carbocycles. The molecule has 0 heterocycles. The number of ether oxygens (including phenoxy) is 2. The van der Waals surface area contributed by atoms with Crippen LogP contribution in [0, 0.1) is 0 Å². The van der Waals surface area contributed by atoms with Crippen LogP contribution >= 0.6 is 7.60 Å². The highest BCUT2D eigenvalue weighted by Gasteiger charge is 2.12. The molecule has 0 fully saturated rings. The fraction of sp³-hybridized carbons (Fsp3) is 0.357. The van der Waals surface area contributed by atoms with Crippen LogP contribution in [-0.2, 0) is 14.1 Å². The maximum atomic E-state index is 11.0. The van der Waals surface area contributed by atoms with E-state index in [-0.39, 0.29) is 25.8 Å². The third-order valence-corrected chi connectivity index (χ3v) is 3.43. The predicted molar refractivity (Wildman–Crippen MR) is 79.1 cm³/mol. The first kappa shape index (κ1) is 17.6. The molecule has 0 aliphatic rings. The van der Waals surface area contributed by atoms with E-state index in [0.29, 0.717) is 16.9 Å². The molecule has 0 unspecified atom stereocenters. The Bertz CT molecular complexity index is 548. The van der Waals surface area contributed by atoms with Crippen LogP contribution in [0.3, 0.4) is 0 Å². The van der Waals surface area contributed by atoms with Gasteiger partial charge in [-0.05, 0) is 18.1 Å². The summed E-state index contributed by atoms with van der Waals surface area (Å²) in [6.07, 6.45) is 0.0622. The standard InChI is InChI=1S/C14H19O6P/c1-11(10-19-8-5-9-21(16,17)18)13-6-3-4-7-14(13)20-12(2)15/h3-4,6-7H,1,5,8-10H2,2H3,(H2,16,17,18). The van der Waals surface area contributed by atoms with Crippen LogP contribution in [0.25, 0.3) is 5.57 Å². The van der Waals surface area contributed by atoms with Gasteiger partial charge >= 0.3 is 13.6 Å². The van der Waals surface area contributed by atoms with E-state index >= 15 is 0 Å². The summed E-state index contributed by atoms with van der Waals surface area (Å²) in [6.45, 7) is 5.60. The van der Waals surface area contributed by atoms with Crippen LogP contribution in [0.4, 0.5) is 0 Å². The second-order valence-corrected chi connectivity index (χ2v) is 6.26. The number of hydrogen-bond acceptors (Lipinski definition) is 4. The Labute approximate surface area is 123 Å². The van der Waals surface area contributed by atoms with Crippen molar-refractivity contribution in [2.45, 2.75) is 13.3 Å². The molecule has 0 spiro atoms. The van der Waals surface area contributed by atoms with Gasteiger partial charge in [0.2, 0.25) is 0 Å². The average molecular weight is 314 g/mol. The minimum atomic E-state index is -3.97. The van der Waals surface area contributed by atoms with Gasteiger partial charge in [-0.25, -0.2) is 0 Å². The molecule has 0 radical (unpaired) electrons. The highest BCUT2D eigenvalue weighted by Crippen LogP contribution is 2.34. The number of hydrogen-bond donors (Lipinski definition) is 2. The normalized spacial score (nSPS) is 11.2. The predicted octanol–water partition coefficient (Wildman–Crippen LogP) is 2.21. The van der Waals surface area contributed by atoms with E-state index in [9.17, 15) is 9.36 Å². The topological polar surface area (TPSA) is 93.1 Å². The van der Waals surface area contributed by atoms with Gasteiger partial charge in [0.1, 0.15) is 5.75 Å². The fourth-order valence-electron chi connectivity index (χ4n) is 1.65. The molecular formula is C14H19O6P. The van der Waals surface area contributed by atoms with Gasteiger partial charge < -0.3 is 19.3 Å². The maximum absolute atomic E-state index is 11.0. The first-order chi connectivity index (χ1) is 9.79. The molecule has 1 rings (SSSR count). The van der Waals surface area contributed by atoms with Crippen LogP contribution in [0.1, 0.15) is 18.9 Å². The summed E-state index contributed by atoms with van der Waals surface area (Å²) in [5, 5.41) is 0. The van der Waals surface area contributed by atoms with E-state index in [4.69, 9.17) is 19.3 Å². The Hall–Kier alpha value is -1.46. The van der Waals surface area contributed by atoms with E-state index in [1.54, 1.807) is 24.3 Å². The second kappa shape index (κ2) is 8.10. The number of benzene rings is 1. The zero-order chi connectivity index (χ0) is 15.9. The van der Waals surface area contributed by atoms with Gasteiger partial charge in [0.25, 0.3) is 0 Å². The molecule has 0 saturated heterocycles. The molecule has 0 bridgehead atoms. The maximum Gasteiger partial charge on any atom is 0.325 e. The lowest BCUT2D eigenvalue weighted by molar-refractivity contribution is -0.131. The van der Waals surface area contributed by atoms with E-state index < -0.39 is 13.6 Å². The van der Waals surface area contributed by atoms with E-state index in [1.165, 1.54) is 6.92 Å². The third-order valence-electron chi connectivity index (χ3n) is 2.54. The highest BCUT2D eigenvalue weighted by molar-refractivity contribution is 7.51. The van der Waals surface area contributed by atoms with Gasteiger partial charge in [0.15, 0.2) is 0 Å². The molecule has 21 heavy (non-hydrogen) atoms. The lowest BCUT2D eigenvalue weighted by Crippen LogP contribution is -2.06. The summed E-state index contributed by atoms with van der Waals surface area (Å²) in [4.78, 5) is 28.5. The zero-order valence-corrected chi connectivity index (χ0v) is 12.7.